The van der Waals surface area contributed by atoms with E-state index in [0.717, 1.165) is 25.9 Å². The first-order valence-corrected chi connectivity index (χ1v) is 8.27. The van der Waals surface area contributed by atoms with Crippen LogP contribution in [0.3, 0.4) is 0 Å². The van der Waals surface area contributed by atoms with Gasteiger partial charge in [0.1, 0.15) is 0 Å². The third kappa shape index (κ3) is 3.46. The molecular formula is C17H23N3O3. The summed E-state index contributed by atoms with van der Waals surface area (Å²) < 4.78 is 4.99. The molecule has 0 spiro atoms. The fourth-order valence-corrected chi connectivity index (χ4v) is 3.16. The van der Waals surface area contributed by atoms with Gasteiger partial charge in [-0.2, -0.15) is 0 Å². The van der Waals surface area contributed by atoms with Crippen LogP contribution in [0.2, 0.25) is 0 Å². The van der Waals surface area contributed by atoms with Gasteiger partial charge in [0.15, 0.2) is 0 Å². The predicted molar refractivity (Wildman–Crippen MR) is 85.2 cm³/mol. The van der Waals surface area contributed by atoms with Gasteiger partial charge in [0.25, 0.3) is 5.91 Å². The van der Waals surface area contributed by atoms with Crippen molar-refractivity contribution in [3.63, 3.8) is 0 Å². The van der Waals surface area contributed by atoms with Crippen molar-refractivity contribution in [3.8, 4) is 5.88 Å². The average molecular weight is 317 g/mol. The van der Waals surface area contributed by atoms with E-state index in [1.165, 1.54) is 26.1 Å². The molecule has 124 valence electrons. The van der Waals surface area contributed by atoms with Gasteiger partial charge in [0.2, 0.25) is 11.8 Å². The Kier molecular flexibility index (Phi) is 4.79. The highest BCUT2D eigenvalue weighted by atomic mass is 16.5. The van der Waals surface area contributed by atoms with Gasteiger partial charge in [-0.3, -0.25) is 9.59 Å². The fourth-order valence-electron chi connectivity index (χ4n) is 3.16. The molecule has 3 rings (SSSR count). The molecule has 0 atom stereocenters. The van der Waals surface area contributed by atoms with Crippen LogP contribution in [0, 0.1) is 5.92 Å². The third-order valence-corrected chi connectivity index (χ3v) is 4.63. The smallest absolute Gasteiger partial charge is 0.255 e. The first-order valence-electron chi connectivity index (χ1n) is 8.27. The molecule has 23 heavy (non-hydrogen) atoms. The summed E-state index contributed by atoms with van der Waals surface area (Å²) in [7, 11) is 1.54. The SMILES string of the molecule is COc1ccc(C(=O)N2CC(C(=O)N3CCCCCC3)C2)cn1. The minimum atomic E-state index is -0.0694. The lowest BCUT2D eigenvalue weighted by molar-refractivity contribution is -0.139. The number of hydrogen-bond acceptors (Lipinski definition) is 4. The number of rotatable bonds is 3. The lowest BCUT2D eigenvalue weighted by Crippen LogP contribution is -2.56. The van der Waals surface area contributed by atoms with E-state index < -0.39 is 0 Å². The van der Waals surface area contributed by atoms with Crippen molar-refractivity contribution in [2.75, 3.05) is 33.3 Å². The Hall–Kier alpha value is -2.11. The molecule has 1 aromatic heterocycles. The summed E-state index contributed by atoms with van der Waals surface area (Å²) in [4.78, 5) is 32.6. The Morgan fingerprint density at radius 2 is 1.78 bits per heavy atom. The van der Waals surface area contributed by atoms with Gasteiger partial charge in [0.05, 0.1) is 18.6 Å². The van der Waals surface area contributed by atoms with Crippen LogP contribution in [0.1, 0.15) is 36.0 Å². The predicted octanol–water partition coefficient (Wildman–Crippen LogP) is 1.56. The third-order valence-electron chi connectivity index (χ3n) is 4.63. The highest BCUT2D eigenvalue weighted by molar-refractivity contribution is 5.95. The number of methoxy groups -OCH3 is 1. The maximum Gasteiger partial charge on any atom is 0.255 e. The summed E-state index contributed by atoms with van der Waals surface area (Å²) in [6.45, 7) is 2.76. The largest absolute Gasteiger partial charge is 0.481 e. The van der Waals surface area contributed by atoms with E-state index in [4.69, 9.17) is 4.74 Å². The number of nitrogens with zero attached hydrogens (tertiary/aromatic N) is 3. The summed E-state index contributed by atoms with van der Waals surface area (Å²) in [5, 5.41) is 0. The molecule has 2 fully saturated rings. The van der Waals surface area contributed by atoms with E-state index >= 15 is 0 Å². The second-order valence-electron chi connectivity index (χ2n) is 6.24. The zero-order valence-electron chi connectivity index (χ0n) is 13.5. The van der Waals surface area contributed by atoms with Crippen molar-refractivity contribution >= 4 is 11.8 Å². The van der Waals surface area contributed by atoms with Crippen LogP contribution in [-0.2, 0) is 4.79 Å². The Balaban J connectivity index is 1.53. The van der Waals surface area contributed by atoms with Crippen LogP contribution in [0.15, 0.2) is 18.3 Å². The first kappa shape index (κ1) is 15.8. The molecular weight excluding hydrogens is 294 g/mol. The van der Waals surface area contributed by atoms with Gasteiger partial charge in [-0.1, -0.05) is 12.8 Å². The van der Waals surface area contributed by atoms with E-state index in [0.29, 0.717) is 24.5 Å². The monoisotopic (exact) mass is 317 g/mol. The molecule has 0 N–H and O–H groups in total. The summed E-state index contributed by atoms with van der Waals surface area (Å²) in [6, 6.07) is 3.38. The minimum absolute atomic E-state index is 0.0387. The zero-order valence-corrected chi connectivity index (χ0v) is 13.5. The Bertz CT molecular complexity index is 559. The molecule has 0 radical (unpaired) electrons. The molecule has 2 saturated heterocycles. The first-order chi connectivity index (χ1) is 11.2. The van der Waals surface area contributed by atoms with Crippen molar-refractivity contribution in [3.05, 3.63) is 23.9 Å². The molecule has 6 heteroatoms. The van der Waals surface area contributed by atoms with Crippen LogP contribution < -0.4 is 4.74 Å². The second-order valence-corrected chi connectivity index (χ2v) is 6.24. The number of carbonyl (C=O) groups is 2. The number of aromatic nitrogens is 1. The molecule has 2 aliphatic heterocycles. The highest BCUT2D eigenvalue weighted by Crippen LogP contribution is 2.22. The molecule has 0 aromatic carbocycles. The fraction of sp³-hybridized carbons (Fsp3) is 0.588. The van der Waals surface area contributed by atoms with Crippen molar-refractivity contribution < 1.29 is 14.3 Å². The van der Waals surface area contributed by atoms with Crippen LogP contribution in [0.5, 0.6) is 5.88 Å². The molecule has 2 aliphatic rings. The number of pyridine rings is 1. The van der Waals surface area contributed by atoms with Crippen molar-refractivity contribution in [1.82, 2.24) is 14.8 Å². The molecule has 2 amide bonds. The molecule has 0 unspecified atom stereocenters. The molecule has 0 bridgehead atoms. The maximum atomic E-state index is 12.5. The van der Waals surface area contributed by atoms with E-state index in [9.17, 15) is 9.59 Å². The lowest BCUT2D eigenvalue weighted by Gasteiger charge is -2.40. The van der Waals surface area contributed by atoms with Crippen LogP contribution in [0.4, 0.5) is 0 Å². The molecule has 3 heterocycles. The normalized spacial score (nSPS) is 19.0. The van der Waals surface area contributed by atoms with Gasteiger partial charge in [-0.25, -0.2) is 4.98 Å². The highest BCUT2D eigenvalue weighted by Gasteiger charge is 2.38. The van der Waals surface area contributed by atoms with E-state index in [1.807, 2.05) is 4.90 Å². The summed E-state index contributed by atoms with van der Waals surface area (Å²) >= 11 is 0. The maximum absolute atomic E-state index is 12.5. The Labute approximate surface area is 136 Å². The topological polar surface area (TPSA) is 62.7 Å². The van der Waals surface area contributed by atoms with Crippen LogP contribution >= 0.6 is 0 Å². The Morgan fingerprint density at radius 3 is 2.35 bits per heavy atom. The number of ether oxygens (including phenoxy) is 1. The van der Waals surface area contributed by atoms with Crippen molar-refractivity contribution in [2.45, 2.75) is 25.7 Å². The van der Waals surface area contributed by atoms with Crippen LogP contribution in [0.25, 0.3) is 0 Å². The summed E-state index contributed by atoms with van der Waals surface area (Å²) in [5.74, 6) is 0.589. The summed E-state index contributed by atoms with van der Waals surface area (Å²) in [5.41, 5.74) is 0.534. The molecule has 0 saturated carbocycles. The standard InChI is InChI=1S/C17H23N3O3/c1-23-15-7-6-13(10-18-15)16(21)20-11-14(12-20)17(22)19-8-4-2-3-5-9-19/h6-7,10,14H,2-5,8-9,11-12H2,1H3. The quantitative estimate of drug-likeness (QED) is 0.849. The number of likely N-dealkylation sites (tertiary alicyclic amines) is 2. The number of hydrogen-bond donors (Lipinski definition) is 0. The van der Waals surface area contributed by atoms with Gasteiger partial charge >= 0.3 is 0 Å². The average Bonchev–Trinajstić information content (AvgIpc) is 2.82. The van der Waals surface area contributed by atoms with Crippen LogP contribution in [-0.4, -0.2) is 59.9 Å². The zero-order chi connectivity index (χ0) is 16.2. The van der Waals surface area contributed by atoms with E-state index in [1.54, 1.807) is 17.0 Å². The van der Waals surface area contributed by atoms with Gasteiger partial charge in [0, 0.05) is 38.4 Å². The van der Waals surface area contributed by atoms with Crippen molar-refractivity contribution in [1.29, 1.82) is 0 Å². The second kappa shape index (κ2) is 6.98. The molecule has 0 aliphatic carbocycles. The summed E-state index contributed by atoms with van der Waals surface area (Å²) in [6.07, 6.45) is 6.13. The number of amides is 2. The van der Waals surface area contributed by atoms with E-state index in [-0.39, 0.29) is 17.7 Å². The Morgan fingerprint density at radius 1 is 1.09 bits per heavy atom. The van der Waals surface area contributed by atoms with Crippen molar-refractivity contribution in [2.24, 2.45) is 5.92 Å². The molecule has 1 aromatic rings. The van der Waals surface area contributed by atoms with Gasteiger partial charge in [-0.05, 0) is 18.9 Å². The van der Waals surface area contributed by atoms with Gasteiger partial charge < -0.3 is 14.5 Å². The lowest BCUT2D eigenvalue weighted by atomic mass is 9.97. The minimum Gasteiger partial charge on any atom is -0.481 e. The number of carbonyl (C=O) groups excluding carboxylic acids is 2. The van der Waals surface area contributed by atoms with E-state index in [2.05, 4.69) is 4.98 Å². The molecule has 6 nitrogen and oxygen atoms in total. The van der Waals surface area contributed by atoms with Gasteiger partial charge in [-0.15, -0.1) is 0 Å².